The maximum atomic E-state index is 12.4. The van der Waals surface area contributed by atoms with Crippen molar-refractivity contribution in [2.45, 2.75) is 26.8 Å². The lowest BCUT2D eigenvalue weighted by molar-refractivity contribution is 0.0938. The van der Waals surface area contributed by atoms with E-state index in [2.05, 4.69) is 20.5 Å². The molecule has 0 aliphatic heterocycles. The molecule has 0 spiro atoms. The van der Waals surface area contributed by atoms with Crippen LogP contribution >= 0.6 is 0 Å². The van der Waals surface area contributed by atoms with Crippen LogP contribution < -0.4 is 5.32 Å². The first-order valence-corrected chi connectivity index (χ1v) is 8.14. The summed E-state index contributed by atoms with van der Waals surface area (Å²) in [5.74, 6) is 0.569. The van der Waals surface area contributed by atoms with Crippen molar-refractivity contribution in [3.05, 3.63) is 65.4 Å². The molecule has 0 saturated heterocycles. The summed E-state index contributed by atoms with van der Waals surface area (Å²) in [6.45, 7) is 5.91. The molecule has 3 aromatic rings. The van der Waals surface area contributed by atoms with Crippen LogP contribution in [0.3, 0.4) is 0 Å². The second-order valence-corrected chi connectivity index (χ2v) is 6.24. The molecule has 0 radical (unpaired) electrons. The number of carbonyl (C=O) groups excluding carboxylic acids is 1. The number of aromatic nitrogens is 4. The number of hydrogen-bond donors (Lipinski definition) is 1. The van der Waals surface area contributed by atoms with Gasteiger partial charge in [0.05, 0.1) is 11.7 Å². The van der Waals surface area contributed by atoms with Crippen molar-refractivity contribution in [3.63, 3.8) is 0 Å². The van der Waals surface area contributed by atoms with Crippen LogP contribution in [0.25, 0.3) is 11.3 Å². The molecule has 0 bridgehead atoms. The quantitative estimate of drug-likeness (QED) is 0.795. The second-order valence-electron chi connectivity index (χ2n) is 6.24. The van der Waals surface area contributed by atoms with Gasteiger partial charge in [-0.2, -0.15) is 0 Å². The highest BCUT2D eigenvalue weighted by Gasteiger charge is 2.15. The van der Waals surface area contributed by atoms with Gasteiger partial charge in [0, 0.05) is 23.9 Å². The summed E-state index contributed by atoms with van der Waals surface area (Å²) in [4.78, 5) is 17.0. The third-order valence-electron chi connectivity index (χ3n) is 4.02. The van der Waals surface area contributed by atoms with Crippen molar-refractivity contribution in [1.29, 1.82) is 0 Å². The molecular formula is C19H21N5O. The van der Waals surface area contributed by atoms with Gasteiger partial charge in [0.15, 0.2) is 5.82 Å². The third kappa shape index (κ3) is 3.74. The first kappa shape index (κ1) is 16.8. The molecule has 1 atom stereocenters. The van der Waals surface area contributed by atoms with Crippen LogP contribution in [0.2, 0.25) is 0 Å². The minimum absolute atomic E-state index is 0.143. The van der Waals surface area contributed by atoms with Gasteiger partial charge in [-0.25, -0.2) is 0 Å². The number of aryl methyl sites for hydroxylation is 3. The Morgan fingerprint density at radius 1 is 1.16 bits per heavy atom. The average Bonchev–Trinajstić information content (AvgIpc) is 3.00. The zero-order valence-corrected chi connectivity index (χ0v) is 14.8. The second kappa shape index (κ2) is 6.84. The predicted molar refractivity (Wildman–Crippen MR) is 96.0 cm³/mol. The van der Waals surface area contributed by atoms with Crippen LogP contribution in [-0.4, -0.2) is 25.7 Å². The Hall–Kier alpha value is -3.02. The van der Waals surface area contributed by atoms with E-state index in [0.717, 1.165) is 17.0 Å². The maximum Gasteiger partial charge on any atom is 0.251 e. The van der Waals surface area contributed by atoms with Crippen LogP contribution in [0.4, 0.5) is 0 Å². The van der Waals surface area contributed by atoms with E-state index in [1.807, 2.05) is 64.2 Å². The fourth-order valence-electron chi connectivity index (χ4n) is 2.81. The summed E-state index contributed by atoms with van der Waals surface area (Å²) in [5.41, 5.74) is 4.65. The molecule has 1 amide bonds. The van der Waals surface area contributed by atoms with E-state index < -0.39 is 0 Å². The van der Waals surface area contributed by atoms with E-state index in [1.54, 1.807) is 10.9 Å². The fourth-order valence-corrected chi connectivity index (χ4v) is 2.81. The standard InChI is InChI=1S/C19H21N5O/c1-12-9-13(2)21-17(10-12)15-5-7-16(8-6-15)19(25)22-14(3)18-23-20-11-24(18)4/h5-11,14H,1-4H3,(H,22,25)/t14-/m1/s1. The molecular weight excluding hydrogens is 314 g/mol. The van der Waals surface area contributed by atoms with Gasteiger partial charge < -0.3 is 9.88 Å². The van der Waals surface area contributed by atoms with E-state index in [4.69, 9.17) is 0 Å². The van der Waals surface area contributed by atoms with Crippen LogP contribution in [0.5, 0.6) is 0 Å². The van der Waals surface area contributed by atoms with E-state index in [9.17, 15) is 4.79 Å². The summed E-state index contributed by atoms with van der Waals surface area (Å²) in [6, 6.07) is 11.3. The Bertz CT molecular complexity index is 878. The molecule has 128 valence electrons. The predicted octanol–water partition coefficient (Wildman–Crippen LogP) is 2.98. The molecule has 1 aromatic carbocycles. The van der Waals surface area contributed by atoms with Gasteiger partial charge in [-0.15, -0.1) is 10.2 Å². The fraction of sp³-hybridized carbons (Fsp3) is 0.263. The SMILES string of the molecule is Cc1cc(C)nc(-c2ccc(C(=O)N[C@H](C)c3nncn3C)cc2)c1. The van der Waals surface area contributed by atoms with Crippen molar-refractivity contribution >= 4 is 5.91 Å². The van der Waals surface area contributed by atoms with Crippen molar-refractivity contribution in [2.24, 2.45) is 7.05 Å². The average molecular weight is 335 g/mol. The zero-order chi connectivity index (χ0) is 18.0. The number of rotatable bonds is 4. The van der Waals surface area contributed by atoms with Gasteiger partial charge in [0.25, 0.3) is 5.91 Å². The summed E-state index contributed by atoms with van der Waals surface area (Å²) in [7, 11) is 1.85. The molecule has 0 fully saturated rings. The Kier molecular flexibility index (Phi) is 4.61. The Labute approximate surface area is 146 Å². The number of nitrogens with zero attached hydrogens (tertiary/aromatic N) is 4. The van der Waals surface area contributed by atoms with Crippen molar-refractivity contribution in [3.8, 4) is 11.3 Å². The molecule has 3 rings (SSSR count). The van der Waals surface area contributed by atoms with Crippen molar-refractivity contribution in [1.82, 2.24) is 25.1 Å². The Balaban J connectivity index is 1.75. The van der Waals surface area contributed by atoms with Crippen LogP contribution in [0, 0.1) is 13.8 Å². The first-order chi connectivity index (χ1) is 11.9. The third-order valence-corrected chi connectivity index (χ3v) is 4.02. The summed E-state index contributed by atoms with van der Waals surface area (Å²) < 4.78 is 1.79. The molecule has 0 aliphatic rings. The molecule has 2 aromatic heterocycles. The highest BCUT2D eigenvalue weighted by atomic mass is 16.1. The van der Waals surface area contributed by atoms with Gasteiger partial charge in [-0.1, -0.05) is 12.1 Å². The number of hydrogen-bond acceptors (Lipinski definition) is 4. The molecule has 6 heteroatoms. The number of amides is 1. The molecule has 0 aliphatic carbocycles. The summed E-state index contributed by atoms with van der Waals surface area (Å²) in [6.07, 6.45) is 1.61. The molecule has 2 heterocycles. The normalized spacial score (nSPS) is 12.0. The van der Waals surface area contributed by atoms with Gasteiger partial charge >= 0.3 is 0 Å². The Morgan fingerprint density at radius 3 is 2.48 bits per heavy atom. The van der Waals surface area contributed by atoms with E-state index in [1.165, 1.54) is 5.56 Å². The van der Waals surface area contributed by atoms with Crippen LogP contribution in [0.15, 0.2) is 42.7 Å². The smallest absolute Gasteiger partial charge is 0.251 e. The van der Waals surface area contributed by atoms with Gasteiger partial charge in [0.2, 0.25) is 0 Å². The minimum atomic E-state index is -0.222. The topological polar surface area (TPSA) is 72.7 Å². The lowest BCUT2D eigenvalue weighted by Gasteiger charge is -2.13. The molecule has 6 nitrogen and oxygen atoms in total. The van der Waals surface area contributed by atoms with Crippen molar-refractivity contribution in [2.75, 3.05) is 0 Å². The van der Waals surface area contributed by atoms with Crippen LogP contribution in [0.1, 0.15) is 40.4 Å². The lowest BCUT2D eigenvalue weighted by Crippen LogP contribution is -2.28. The highest BCUT2D eigenvalue weighted by Crippen LogP contribution is 2.20. The maximum absolute atomic E-state index is 12.4. The summed E-state index contributed by atoms with van der Waals surface area (Å²) >= 11 is 0. The van der Waals surface area contributed by atoms with E-state index in [-0.39, 0.29) is 11.9 Å². The van der Waals surface area contributed by atoms with Gasteiger partial charge in [0.1, 0.15) is 6.33 Å². The lowest BCUT2D eigenvalue weighted by atomic mass is 10.1. The molecule has 25 heavy (non-hydrogen) atoms. The molecule has 1 N–H and O–H groups in total. The van der Waals surface area contributed by atoms with E-state index in [0.29, 0.717) is 11.4 Å². The number of pyridine rings is 1. The largest absolute Gasteiger partial charge is 0.342 e. The Morgan fingerprint density at radius 2 is 1.88 bits per heavy atom. The highest BCUT2D eigenvalue weighted by molar-refractivity contribution is 5.94. The van der Waals surface area contributed by atoms with Gasteiger partial charge in [-0.05, 0) is 50.6 Å². The number of benzene rings is 1. The molecule has 0 unspecified atom stereocenters. The van der Waals surface area contributed by atoms with E-state index >= 15 is 0 Å². The van der Waals surface area contributed by atoms with Crippen LogP contribution in [-0.2, 0) is 7.05 Å². The molecule has 0 saturated carbocycles. The van der Waals surface area contributed by atoms with Gasteiger partial charge in [-0.3, -0.25) is 9.78 Å². The monoisotopic (exact) mass is 335 g/mol. The summed E-state index contributed by atoms with van der Waals surface area (Å²) in [5, 5.41) is 10.8. The van der Waals surface area contributed by atoms with Crippen molar-refractivity contribution < 1.29 is 4.79 Å². The first-order valence-electron chi connectivity index (χ1n) is 8.14. The number of nitrogens with one attached hydrogen (secondary N) is 1. The minimum Gasteiger partial charge on any atom is -0.342 e. The number of carbonyl (C=O) groups is 1. The zero-order valence-electron chi connectivity index (χ0n) is 14.8.